The fraction of sp³-hybridized carbons (Fsp3) is 0.588. The van der Waals surface area contributed by atoms with Crippen molar-refractivity contribution in [2.24, 2.45) is 0 Å². The molecule has 0 radical (unpaired) electrons. The molecule has 0 spiro atoms. The normalized spacial score (nSPS) is 25.2. The highest BCUT2D eigenvalue weighted by Gasteiger charge is 2.27. The number of anilines is 1. The molecule has 2 fully saturated rings. The van der Waals surface area contributed by atoms with E-state index in [1.807, 2.05) is 13.0 Å². The Labute approximate surface area is 136 Å². The van der Waals surface area contributed by atoms with Crippen LogP contribution >= 0.6 is 0 Å². The van der Waals surface area contributed by atoms with E-state index in [4.69, 9.17) is 4.74 Å². The maximum Gasteiger partial charge on any atom is 0.239 e. The number of carbonyl (C=O) groups excluding carboxylic acids is 1. The summed E-state index contributed by atoms with van der Waals surface area (Å²) in [6, 6.07) is 4.73. The Morgan fingerprint density at radius 1 is 1.48 bits per heavy atom. The number of aryl methyl sites for hydroxylation is 1. The van der Waals surface area contributed by atoms with E-state index >= 15 is 0 Å². The van der Waals surface area contributed by atoms with Crippen LogP contribution < -0.4 is 15.5 Å². The van der Waals surface area contributed by atoms with Crippen LogP contribution in [0.2, 0.25) is 0 Å². The van der Waals surface area contributed by atoms with Crippen LogP contribution in [0.3, 0.4) is 0 Å². The van der Waals surface area contributed by atoms with E-state index in [2.05, 4.69) is 15.5 Å². The molecule has 0 aliphatic carbocycles. The average Bonchev–Trinajstić information content (AvgIpc) is 2.56. The van der Waals surface area contributed by atoms with Crippen molar-refractivity contribution in [2.45, 2.75) is 31.8 Å². The molecule has 2 atom stereocenters. The van der Waals surface area contributed by atoms with E-state index in [1.165, 1.54) is 6.07 Å². The Morgan fingerprint density at radius 3 is 3.09 bits per heavy atom. The number of hydrogen-bond donors (Lipinski definition) is 2. The summed E-state index contributed by atoms with van der Waals surface area (Å²) in [6.07, 6.45) is 1.98. The van der Waals surface area contributed by atoms with Crippen LogP contribution in [-0.2, 0) is 9.53 Å². The third-order valence-corrected chi connectivity index (χ3v) is 4.51. The number of rotatable bonds is 3. The average molecular weight is 321 g/mol. The highest BCUT2D eigenvalue weighted by Crippen LogP contribution is 2.24. The van der Waals surface area contributed by atoms with Crippen molar-refractivity contribution in [1.29, 1.82) is 0 Å². The van der Waals surface area contributed by atoms with E-state index in [1.54, 1.807) is 6.07 Å². The van der Waals surface area contributed by atoms with Crippen molar-refractivity contribution in [3.63, 3.8) is 0 Å². The van der Waals surface area contributed by atoms with Gasteiger partial charge in [0.2, 0.25) is 5.91 Å². The van der Waals surface area contributed by atoms with Gasteiger partial charge >= 0.3 is 0 Å². The Balaban J connectivity index is 1.60. The fourth-order valence-electron chi connectivity index (χ4n) is 3.32. The van der Waals surface area contributed by atoms with E-state index in [9.17, 15) is 9.18 Å². The zero-order chi connectivity index (χ0) is 16.2. The van der Waals surface area contributed by atoms with Crippen LogP contribution in [0.5, 0.6) is 0 Å². The van der Waals surface area contributed by atoms with Crippen molar-refractivity contribution >= 4 is 11.6 Å². The largest absolute Gasteiger partial charge is 0.378 e. The van der Waals surface area contributed by atoms with Crippen LogP contribution in [0.25, 0.3) is 0 Å². The molecule has 0 bridgehead atoms. The molecule has 3 rings (SSSR count). The molecule has 1 amide bonds. The highest BCUT2D eigenvalue weighted by atomic mass is 19.1. The molecular formula is C17H24FN3O2. The van der Waals surface area contributed by atoms with Gasteiger partial charge in [0.25, 0.3) is 0 Å². The lowest BCUT2D eigenvalue weighted by atomic mass is 10.0. The van der Waals surface area contributed by atoms with Crippen LogP contribution in [0, 0.1) is 12.7 Å². The number of nitrogens with one attached hydrogen (secondary N) is 2. The predicted molar refractivity (Wildman–Crippen MR) is 87.1 cm³/mol. The van der Waals surface area contributed by atoms with Crippen molar-refractivity contribution in [3.8, 4) is 0 Å². The van der Waals surface area contributed by atoms with Gasteiger partial charge in [-0.2, -0.15) is 0 Å². The van der Waals surface area contributed by atoms with Gasteiger partial charge in [0.05, 0.1) is 13.2 Å². The van der Waals surface area contributed by atoms with E-state index in [-0.39, 0.29) is 23.8 Å². The Hall–Kier alpha value is -1.66. The SMILES string of the molecule is Cc1cc(F)ccc1N1CCCC(NC(=O)C2COCCN2)C1. The van der Waals surface area contributed by atoms with Gasteiger partial charge in [0.1, 0.15) is 11.9 Å². The van der Waals surface area contributed by atoms with Gasteiger partial charge in [-0.1, -0.05) is 0 Å². The van der Waals surface area contributed by atoms with Crippen molar-refractivity contribution in [3.05, 3.63) is 29.6 Å². The summed E-state index contributed by atoms with van der Waals surface area (Å²) >= 11 is 0. The van der Waals surface area contributed by atoms with Gasteiger partial charge in [-0.25, -0.2) is 4.39 Å². The molecule has 6 heteroatoms. The van der Waals surface area contributed by atoms with Gasteiger partial charge < -0.3 is 20.3 Å². The molecule has 2 heterocycles. The van der Waals surface area contributed by atoms with Crippen molar-refractivity contribution in [1.82, 2.24) is 10.6 Å². The first-order chi connectivity index (χ1) is 11.1. The first-order valence-electron chi connectivity index (χ1n) is 8.26. The molecule has 0 saturated carbocycles. The van der Waals surface area contributed by atoms with Crippen molar-refractivity contribution in [2.75, 3.05) is 37.7 Å². The summed E-state index contributed by atoms with van der Waals surface area (Å²) in [5.74, 6) is -0.205. The summed E-state index contributed by atoms with van der Waals surface area (Å²) in [4.78, 5) is 14.5. The zero-order valence-electron chi connectivity index (χ0n) is 13.5. The maximum atomic E-state index is 13.3. The standard InChI is InChI=1S/C17H24FN3O2/c1-12-9-13(18)4-5-16(12)21-7-2-3-14(10-21)20-17(22)15-11-23-8-6-19-15/h4-5,9,14-15,19H,2-3,6-8,10-11H2,1H3,(H,20,22). The van der Waals surface area contributed by atoms with Crippen LogP contribution in [-0.4, -0.2) is 50.8 Å². The molecular weight excluding hydrogens is 297 g/mol. The zero-order valence-corrected chi connectivity index (χ0v) is 13.5. The van der Waals surface area contributed by atoms with Crippen LogP contribution in [0.15, 0.2) is 18.2 Å². The minimum absolute atomic E-state index is 0.00683. The smallest absolute Gasteiger partial charge is 0.239 e. The molecule has 5 nitrogen and oxygen atoms in total. The van der Waals surface area contributed by atoms with Gasteiger partial charge in [0, 0.05) is 31.4 Å². The number of morpholine rings is 1. The van der Waals surface area contributed by atoms with E-state index < -0.39 is 0 Å². The number of piperidine rings is 1. The second kappa shape index (κ2) is 7.27. The summed E-state index contributed by atoms with van der Waals surface area (Å²) in [6.45, 7) is 5.41. The third kappa shape index (κ3) is 4.00. The lowest BCUT2D eigenvalue weighted by Gasteiger charge is -2.36. The second-order valence-corrected chi connectivity index (χ2v) is 6.31. The molecule has 2 unspecified atom stereocenters. The minimum Gasteiger partial charge on any atom is -0.378 e. The van der Waals surface area contributed by atoms with Gasteiger partial charge in [-0.3, -0.25) is 4.79 Å². The van der Waals surface area contributed by atoms with E-state index in [0.29, 0.717) is 19.8 Å². The van der Waals surface area contributed by atoms with Crippen LogP contribution in [0.4, 0.5) is 10.1 Å². The number of ether oxygens (including phenoxy) is 1. The molecule has 2 aliphatic rings. The Kier molecular flexibility index (Phi) is 5.13. The molecule has 2 N–H and O–H groups in total. The molecule has 2 aliphatic heterocycles. The topological polar surface area (TPSA) is 53.6 Å². The van der Waals surface area contributed by atoms with E-state index in [0.717, 1.165) is 37.2 Å². The predicted octanol–water partition coefficient (Wildman–Crippen LogP) is 1.21. The number of hydrogen-bond acceptors (Lipinski definition) is 4. The molecule has 0 aromatic heterocycles. The molecule has 1 aromatic carbocycles. The number of amides is 1. The first-order valence-corrected chi connectivity index (χ1v) is 8.26. The second-order valence-electron chi connectivity index (χ2n) is 6.31. The molecule has 2 saturated heterocycles. The lowest BCUT2D eigenvalue weighted by Crippen LogP contribution is -2.56. The van der Waals surface area contributed by atoms with Gasteiger partial charge in [0.15, 0.2) is 0 Å². The summed E-state index contributed by atoms with van der Waals surface area (Å²) in [7, 11) is 0. The maximum absolute atomic E-state index is 13.3. The Morgan fingerprint density at radius 2 is 2.35 bits per heavy atom. The highest BCUT2D eigenvalue weighted by molar-refractivity contribution is 5.82. The first kappa shape index (κ1) is 16.2. The number of benzene rings is 1. The quantitative estimate of drug-likeness (QED) is 0.879. The minimum atomic E-state index is -0.258. The monoisotopic (exact) mass is 321 g/mol. The number of carbonyl (C=O) groups is 1. The fourth-order valence-corrected chi connectivity index (χ4v) is 3.32. The van der Waals surface area contributed by atoms with Gasteiger partial charge in [-0.05, 0) is 43.5 Å². The molecule has 1 aromatic rings. The lowest BCUT2D eigenvalue weighted by molar-refractivity contribution is -0.126. The van der Waals surface area contributed by atoms with Crippen molar-refractivity contribution < 1.29 is 13.9 Å². The third-order valence-electron chi connectivity index (χ3n) is 4.51. The summed E-state index contributed by atoms with van der Waals surface area (Å²) in [5, 5.41) is 6.30. The summed E-state index contributed by atoms with van der Waals surface area (Å²) in [5.41, 5.74) is 1.98. The molecule has 126 valence electrons. The Bertz CT molecular complexity index is 561. The number of halogens is 1. The molecule has 23 heavy (non-hydrogen) atoms. The van der Waals surface area contributed by atoms with Gasteiger partial charge in [-0.15, -0.1) is 0 Å². The summed E-state index contributed by atoms with van der Waals surface area (Å²) < 4.78 is 18.6. The van der Waals surface area contributed by atoms with Crippen LogP contribution in [0.1, 0.15) is 18.4 Å². The number of nitrogens with zero attached hydrogens (tertiary/aromatic N) is 1.